The summed E-state index contributed by atoms with van der Waals surface area (Å²) in [5, 5.41) is 0. The van der Waals surface area contributed by atoms with Gasteiger partial charge >= 0.3 is 28.6 Å². The molecule has 4 atom stereocenters. The molecule has 0 bridgehead atoms. The maximum absolute atomic E-state index is 7.63. The SMILES string of the molecule is CC(C)(C)C(C)(C)O[Si](OC[C@H]1OC(n2cnc3c(N)nc(-c4ccc(-c5ccccc5)s4)nc32)[C@H](O[Si](OC(C)(C)C(C)(C)C)OC(C)(C)C(C)(C)C)[C@@H]1O[Si](OC(C)(C)C(C)(C)C)OC(C)(C)C(C)(C)C)OC(C)(C)C(C)(C)C. The summed E-state index contributed by atoms with van der Waals surface area (Å²) < 4.78 is 74.8. The van der Waals surface area contributed by atoms with Crippen LogP contribution in [-0.4, -0.2) is 107 Å². The number of aromatic nitrogens is 4. The number of nitrogens with two attached hydrogens (primary N) is 1. The first-order valence-corrected chi connectivity index (χ1v) is 33.3. The van der Waals surface area contributed by atoms with Crippen molar-refractivity contribution >= 4 is 56.9 Å². The Bertz CT molecular complexity index is 2620. The van der Waals surface area contributed by atoms with Gasteiger partial charge in [0, 0.05) is 4.88 Å². The summed E-state index contributed by atoms with van der Waals surface area (Å²) in [5.74, 6) is 0.658. The lowest BCUT2D eigenvalue weighted by Gasteiger charge is -2.46. The number of ether oxygens (including phenoxy) is 1. The summed E-state index contributed by atoms with van der Waals surface area (Å²) >= 11 is 1.58. The Morgan fingerprint density at radius 1 is 0.481 bits per heavy atom. The van der Waals surface area contributed by atoms with Crippen molar-refractivity contribution in [2.45, 2.75) is 266 Å². The molecule has 3 aromatic heterocycles. The topological polar surface area (TPSA) is 162 Å². The second-order valence-corrected chi connectivity index (χ2v) is 35.8. The highest BCUT2D eigenvalue weighted by atomic mass is 32.1. The lowest BCUT2D eigenvalue weighted by atomic mass is 9.79. The van der Waals surface area contributed by atoms with Crippen molar-refractivity contribution in [3.05, 3.63) is 48.8 Å². The fourth-order valence-corrected chi connectivity index (χ4v) is 13.5. The number of fused-ring (bicyclic) bond motifs is 1. The largest absolute Gasteiger partial charge is 0.579 e. The van der Waals surface area contributed by atoms with Crippen LogP contribution >= 0.6 is 11.3 Å². The number of rotatable bonds is 22. The van der Waals surface area contributed by atoms with Crippen molar-refractivity contribution < 1.29 is 44.6 Å². The normalized spacial score (nSPS) is 19.3. The average molecular weight is 1200 g/mol. The number of nitrogens with zero attached hydrogens (tertiary/aromatic N) is 4. The molecule has 5 rings (SSSR count). The Balaban J connectivity index is 1.84. The second-order valence-electron chi connectivity index (χ2n) is 31.3. The molecule has 19 heteroatoms. The molecule has 1 aromatic carbocycles. The molecule has 0 amide bonds. The third kappa shape index (κ3) is 16.3. The lowest BCUT2D eigenvalue weighted by Crippen LogP contribution is -2.56. The van der Waals surface area contributed by atoms with Gasteiger partial charge in [0.05, 0.1) is 51.4 Å². The maximum Gasteiger partial charge on any atom is 0.579 e. The van der Waals surface area contributed by atoms with Gasteiger partial charge in [-0.2, -0.15) is 0 Å². The van der Waals surface area contributed by atoms with Gasteiger partial charge in [-0.05, 0) is 133 Å². The third-order valence-electron chi connectivity index (χ3n) is 18.6. The number of hydrogen-bond acceptors (Lipinski definition) is 15. The van der Waals surface area contributed by atoms with Crippen molar-refractivity contribution in [2.24, 2.45) is 32.5 Å². The number of imidazole rings is 1. The molecule has 1 aliphatic rings. The van der Waals surface area contributed by atoms with E-state index in [0.717, 1.165) is 15.3 Å². The molecule has 4 heterocycles. The number of nitrogen functional groups attached to an aromatic ring is 1. The summed E-state index contributed by atoms with van der Waals surface area (Å²) in [6.45, 7) is 63.7. The van der Waals surface area contributed by atoms with Crippen LogP contribution in [0.3, 0.4) is 0 Å². The molecule has 15 nitrogen and oxygen atoms in total. The molecule has 3 radical (unpaired) electrons. The zero-order valence-electron chi connectivity index (χ0n) is 55.5. The van der Waals surface area contributed by atoms with Gasteiger partial charge in [0.1, 0.15) is 23.8 Å². The molecule has 1 fully saturated rings. The van der Waals surface area contributed by atoms with Gasteiger partial charge < -0.3 is 50.3 Å². The molecule has 1 aliphatic heterocycles. The van der Waals surface area contributed by atoms with Crippen LogP contribution in [0.4, 0.5) is 5.82 Å². The minimum Gasteiger partial charge on any atom is -0.382 e. The minimum absolute atomic E-state index is 0.0482. The van der Waals surface area contributed by atoms with Crippen molar-refractivity contribution in [1.29, 1.82) is 0 Å². The Morgan fingerprint density at radius 3 is 1.25 bits per heavy atom. The standard InChI is InChI=1S/C62H106N5O10SSi3/c1-51(2,3)57(19,20)72-79(73-58(21,22)52(4,5)6)68-38-41-45(70-80(74-59(23,24)53(7,8)9)75-60(25,26)54(10,11)12)46(71-81(76-61(27,28)55(13,14)15)77-62(29,30)56(16,17)18)50(69-41)67-39-64-44-47(63)65-48(66-49(44)67)43-37-36-42(78-43)40-34-32-31-33-35-40/h31-37,39,41,45-46,50H,38H2,1-30H3,(H2,63,65,66)/t41-,45-,46-,50?/m1/s1. The summed E-state index contributed by atoms with van der Waals surface area (Å²) in [4.78, 5) is 16.9. The predicted octanol–water partition coefficient (Wildman–Crippen LogP) is 15.5. The van der Waals surface area contributed by atoms with Crippen LogP contribution in [0.5, 0.6) is 0 Å². The van der Waals surface area contributed by atoms with E-state index in [1.807, 2.05) is 28.8 Å². The van der Waals surface area contributed by atoms with Crippen molar-refractivity contribution in [3.63, 3.8) is 0 Å². The first-order chi connectivity index (χ1) is 36.3. The quantitative estimate of drug-likeness (QED) is 0.0740. The highest BCUT2D eigenvalue weighted by molar-refractivity contribution is 7.18. The summed E-state index contributed by atoms with van der Waals surface area (Å²) in [7, 11) is -8.12. The van der Waals surface area contributed by atoms with Crippen LogP contribution in [0.25, 0.3) is 32.3 Å². The summed E-state index contributed by atoms with van der Waals surface area (Å²) in [6, 6.07) is 14.3. The monoisotopic (exact) mass is 1200 g/mol. The van der Waals surface area contributed by atoms with Gasteiger partial charge in [0.2, 0.25) is 0 Å². The van der Waals surface area contributed by atoms with Crippen molar-refractivity contribution in [2.75, 3.05) is 12.3 Å². The first-order valence-electron chi connectivity index (χ1n) is 28.8. The molecule has 4 aromatic rings. The zero-order valence-corrected chi connectivity index (χ0v) is 59.3. The maximum atomic E-state index is 7.63. The molecule has 457 valence electrons. The van der Waals surface area contributed by atoms with E-state index in [4.69, 9.17) is 65.3 Å². The summed E-state index contributed by atoms with van der Waals surface area (Å²) in [5.41, 5.74) is 2.53. The van der Waals surface area contributed by atoms with Crippen LogP contribution in [-0.2, 0) is 44.6 Å². The van der Waals surface area contributed by atoms with Crippen LogP contribution in [0.15, 0.2) is 48.8 Å². The van der Waals surface area contributed by atoms with Gasteiger partial charge in [-0.3, -0.25) is 4.57 Å². The number of anilines is 1. The highest BCUT2D eigenvalue weighted by Crippen LogP contribution is 2.45. The van der Waals surface area contributed by atoms with Crippen LogP contribution in [0.1, 0.15) is 214 Å². The molecule has 0 spiro atoms. The highest BCUT2D eigenvalue weighted by Gasteiger charge is 2.57. The summed E-state index contributed by atoms with van der Waals surface area (Å²) in [6.07, 6.45) is -2.21. The fourth-order valence-electron chi connectivity index (χ4n) is 6.54. The van der Waals surface area contributed by atoms with Gasteiger partial charge in [0.15, 0.2) is 23.5 Å². The van der Waals surface area contributed by atoms with E-state index >= 15 is 0 Å². The van der Waals surface area contributed by atoms with E-state index in [0.29, 0.717) is 17.0 Å². The van der Waals surface area contributed by atoms with Gasteiger partial charge in [-0.15, -0.1) is 11.3 Å². The number of thiophene rings is 1. The molecule has 2 N–H and O–H groups in total. The van der Waals surface area contributed by atoms with E-state index in [1.165, 1.54) is 0 Å². The number of benzene rings is 1. The lowest BCUT2D eigenvalue weighted by molar-refractivity contribution is -0.133. The van der Waals surface area contributed by atoms with E-state index < -0.39 is 86.7 Å². The van der Waals surface area contributed by atoms with Crippen LogP contribution in [0.2, 0.25) is 0 Å². The van der Waals surface area contributed by atoms with Gasteiger partial charge in [0.25, 0.3) is 0 Å². The van der Waals surface area contributed by atoms with E-state index in [1.54, 1.807) is 17.7 Å². The Labute approximate surface area is 499 Å². The average Bonchev–Trinajstić information content (AvgIpc) is 4.01. The predicted molar refractivity (Wildman–Crippen MR) is 333 cm³/mol. The third-order valence-corrected chi connectivity index (χ3v) is 25.1. The van der Waals surface area contributed by atoms with Crippen LogP contribution in [0, 0.1) is 32.5 Å². The Morgan fingerprint density at radius 2 is 0.852 bits per heavy atom. The van der Waals surface area contributed by atoms with Crippen LogP contribution < -0.4 is 5.73 Å². The molecule has 1 unspecified atom stereocenters. The molecule has 0 saturated carbocycles. The van der Waals surface area contributed by atoms with Crippen molar-refractivity contribution in [1.82, 2.24) is 19.5 Å². The molecular formula is C62H106N5O10SSi3. The molecular weight excluding hydrogens is 1090 g/mol. The van der Waals surface area contributed by atoms with E-state index in [9.17, 15) is 0 Å². The molecule has 81 heavy (non-hydrogen) atoms. The number of hydrogen-bond donors (Lipinski definition) is 1. The Hall–Kier alpha value is -2.48. The first kappa shape index (κ1) is 69.3. The Kier molecular flexibility index (Phi) is 20.5. The van der Waals surface area contributed by atoms with Gasteiger partial charge in [-0.25, -0.2) is 15.0 Å². The smallest absolute Gasteiger partial charge is 0.382 e. The zero-order chi connectivity index (χ0) is 61.9. The van der Waals surface area contributed by atoms with Crippen molar-refractivity contribution in [3.8, 4) is 21.1 Å². The van der Waals surface area contributed by atoms with E-state index in [-0.39, 0.29) is 44.9 Å². The van der Waals surface area contributed by atoms with Gasteiger partial charge in [-0.1, -0.05) is 155 Å². The second kappa shape index (κ2) is 24.0. The molecule has 1 saturated heterocycles. The molecule has 0 aliphatic carbocycles. The fraction of sp³-hybridized carbons (Fsp3) is 0.758. The minimum atomic E-state index is -2.78. The van der Waals surface area contributed by atoms with E-state index in [2.05, 4.69) is 226 Å².